The van der Waals surface area contributed by atoms with Gasteiger partial charge in [0, 0.05) is 38.1 Å². The van der Waals surface area contributed by atoms with Gasteiger partial charge in [-0.15, -0.1) is 0 Å². The standard InChI is InChI=1S/C14H22N4O/c1-3-10-9-18(7-5-12(10)15)11-4-6-17-13(8-11)14(19)16-2/h4,6,8,10,12H,3,5,7,9,15H2,1-2H3,(H,16,19). The van der Waals surface area contributed by atoms with Crippen LogP contribution in [0.5, 0.6) is 0 Å². The summed E-state index contributed by atoms with van der Waals surface area (Å²) in [6.45, 7) is 4.07. The minimum absolute atomic E-state index is 0.150. The number of aromatic nitrogens is 1. The number of hydrogen-bond acceptors (Lipinski definition) is 4. The molecule has 5 nitrogen and oxygen atoms in total. The molecule has 1 amide bonds. The molecule has 0 radical (unpaired) electrons. The van der Waals surface area contributed by atoms with E-state index < -0.39 is 0 Å². The minimum Gasteiger partial charge on any atom is -0.371 e. The van der Waals surface area contributed by atoms with E-state index in [9.17, 15) is 4.79 Å². The van der Waals surface area contributed by atoms with Gasteiger partial charge in [0.15, 0.2) is 0 Å². The molecular weight excluding hydrogens is 240 g/mol. The molecule has 2 heterocycles. The predicted octanol–water partition coefficient (Wildman–Crippen LogP) is 1.00. The first-order valence-electron chi connectivity index (χ1n) is 6.84. The van der Waals surface area contributed by atoms with Gasteiger partial charge in [-0.2, -0.15) is 0 Å². The van der Waals surface area contributed by atoms with Crippen molar-refractivity contribution in [3.8, 4) is 0 Å². The summed E-state index contributed by atoms with van der Waals surface area (Å²) in [5.41, 5.74) is 7.64. The Morgan fingerprint density at radius 2 is 2.42 bits per heavy atom. The molecule has 1 aliphatic rings. The van der Waals surface area contributed by atoms with E-state index in [-0.39, 0.29) is 5.91 Å². The molecule has 0 saturated carbocycles. The van der Waals surface area contributed by atoms with E-state index in [0.29, 0.717) is 17.7 Å². The van der Waals surface area contributed by atoms with E-state index >= 15 is 0 Å². The highest BCUT2D eigenvalue weighted by atomic mass is 16.1. The van der Waals surface area contributed by atoms with Crippen molar-refractivity contribution in [2.45, 2.75) is 25.8 Å². The number of pyridine rings is 1. The molecule has 19 heavy (non-hydrogen) atoms. The highest BCUT2D eigenvalue weighted by Crippen LogP contribution is 2.24. The number of carbonyl (C=O) groups excluding carboxylic acids is 1. The summed E-state index contributed by atoms with van der Waals surface area (Å²) in [4.78, 5) is 18.0. The maximum atomic E-state index is 11.6. The number of nitrogens with one attached hydrogen (secondary N) is 1. The number of amides is 1. The number of anilines is 1. The quantitative estimate of drug-likeness (QED) is 0.852. The topological polar surface area (TPSA) is 71.2 Å². The number of hydrogen-bond donors (Lipinski definition) is 2. The first-order valence-corrected chi connectivity index (χ1v) is 6.84. The number of rotatable bonds is 3. The molecule has 1 saturated heterocycles. The van der Waals surface area contributed by atoms with Crippen LogP contribution in [-0.2, 0) is 0 Å². The lowest BCUT2D eigenvalue weighted by Gasteiger charge is -2.38. The van der Waals surface area contributed by atoms with Crippen LogP contribution in [-0.4, -0.2) is 37.1 Å². The maximum Gasteiger partial charge on any atom is 0.269 e. The fourth-order valence-corrected chi connectivity index (χ4v) is 2.59. The molecule has 1 aromatic rings. The summed E-state index contributed by atoms with van der Waals surface area (Å²) in [5.74, 6) is 0.368. The van der Waals surface area contributed by atoms with Gasteiger partial charge in [-0.25, -0.2) is 0 Å². The SMILES string of the molecule is CCC1CN(c2ccnc(C(=O)NC)c2)CCC1N. The lowest BCUT2D eigenvalue weighted by molar-refractivity contribution is 0.0958. The molecule has 5 heteroatoms. The Hall–Kier alpha value is -1.62. The first-order chi connectivity index (χ1) is 9.15. The van der Waals surface area contributed by atoms with Crippen LogP contribution in [0.4, 0.5) is 5.69 Å². The Labute approximate surface area is 114 Å². The molecule has 1 aromatic heterocycles. The third-order valence-electron chi connectivity index (χ3n) is 3.89. The summed E-state index contributed by atoms with van der Waals surface area (Å²) in [5, 5.41) is 2.60. The van der Waals surface area contributed by atoms with Crippen molar-refractivity contribution in [1.29, 1.82) is 0 Å². The van der Waals surface area contributed by atoms with E-state index in [2.05, 4.69) is 22.1 Å². The summed E-state index contributed by atoms with van der Waals surface area (Å²) in [6, 6.07) is 4.10. The van der Waals surface area contributed by atoms with Crippen LogP contribution in [0, 0.1) is 5.92 Å². The predicted molar refractivity (Wildman–Crippen MR) is 76.2 cm³/mol. The van der Waals surface area contributed by atoms with E-state index in [1.807, 2.05) is 12.1 Å². The summed E-state index contributed by atoms with van der Waals surface area (Å²) >= 11 is 0. The molecule has 1 aliphatic heterocycles. The largest absolute Gasteiger partial charge is 0.371 e. The number of piperidine rings is 1. The fourth-order valence-electron chi connectivity index (χ4n) is 2.59. The number of carbonyl (C=O) groups is 1. The van der Waals surface area contributed by atoms with Crippen molar-refractivity contribution in [3.05, 3.63) is 24.0 Å². The average Bonchev–Trinajstić information content (AvgIpc) is 2.47. The molecule has 1 fully saturated rings. The number of nitrogens with two attached hydrogens (primary N) is 1. The highest BCUT2D eigenvalue weighted by molar-refractivity contribution is 5.92. The van der Waals surface area contributed by atoms with E-state index in [4.69, 9.17) is 5.73 Å². The maximum absolute atomic E-state index is 11.6. The smallest absolute Gasteiger partial charge is 0.269 e. The second-order valence-electron chi connectivity index (χ2n) is 5.05. The van der Waals surface area contributed by atoms with Crippen LogP contribution in [0.3, 0.4) is 0 Å². The van der Waals surface area contributed by atoms with Gasteiger partial charge in [0.1, 0.15) is 5.69 Å². The lowest BCUT2D eigenvalue weighted by atomic mass is 9.90. The molecule has 0 aliphatic carbocycles. The van der Waals surface area contributed by atoms with Crippen molar-refractivity contribution in [1.82, 2.24) is 10.3 Å². The van der Waals surface area contributed by atoms with Crippen molar-refractivity contribution in [2.75, 3.05) is 25.0 Å². The van der Waals surface area contributed by atoms with Gasteiger partial charge >= 0.3 is 0 Å². The monoisotopic (exact) mass is 262 g/mol. The molecule has 2 rings (SSSR count). The Balaban J connectivity index is 2.15. The van der Waals surface area contributed by atoms with Gasteiger partial charge in [-0.3, -0.25) is 9.78 Å². The van der Waals surface area contributed by atoms with Gasteiger partial charge < -0.3 is 16.0 Å². The Kier molecular flexibility index (Phi) is 4.37. The zero-order valence-corrected chi connectivity index (χ0v) is 11.6. The van der Waals surface area contributed by atoms with Crippen LogP contribution in [0.15, 0.2) is 18.3 Å². The average molecular weight is 262 g/mol. The van der Waals surface area contributed by atoms with Crippen LogP contribution in [0.2, 0.25) is 0 Å². The van der Waals surface area contributed by atoms with E-state index in [1.54, 1.807) is 13.2 Å². The number of nitrogens with zero attached hydrogens (tertiary/aromatic N) is 2. The van der Waals surface area contributed by atoms with Gasteiger partial charge in [-0.05, 0) is 24.5 Å². The highest BCUT2D eigenvalue weighted by Gasteiger charge is 2.25. The van der Waals surface area contributed by atoms with Gasteiger partial charge in [0.05, 0.1) is 0 Å². The molecule has 104 valence electrons. The van der Waals surface area contributed by atoms with Gasteiger partial charge in [0.25, 0.3) is 5.91 Å². The van der Waals surface area contributed by atoms with Crippen molar-refractivity contribution < 1.29 is 4.79 Å². The van der Waals surface area contributed by atoms with Crippen molar-refractivity contribution in [3.63, 3.8) is 0 Å². The van der Waals surface area contributed by atoms with Crippen LogP contribution >= 0.6 is 0 Å². The minimum atomic E-state index is -0.150. The summed E-state index contributed by atoms with van der Waals surface area (Å²) in [7, 11) is 1.61. The van der Waals surface area contributed by atoms with Gasteiger partial charge in [-0.1, -0.05) is 13.3 Å². The Morgan fingerprint density at radius 3 is 3.11 bits per heavy atom. The molecule has 0 aromatic carbocycles. The molecule has 2 unspecified atom stereocenters. The molecular formula is C14H22N4O. The summed E-state index contributed by atoms with van der Waals surface area (Å²) < 4.78 is 0. The molecule has 3 N–H and O–H groups in total. The Bertz CT molecular complexity index is 449. The van der Waals surface area contributed by atoms with Crippen LogP contribution in [0.25, 0.3) is 0 Å². The second kappa shape index (κ2) is 6.02. The van der Waals surface area contributed by atoms with Gasteiger partial charge in [0.2, 0.25) is 0 Å². The second-order valence-corrected chi connectivity index (χ2v) is 5.05. The Morgan fingerprint density at radius 1 is 1.63 bits per heavy atom. The van der Waals surface area contributed by atoms with Crippen LogP contribution < -0.4 is 16.0 Å². The van der Waals surface area contributed by atoms with E-state index in [1.165, 1.54) is 0 Å². The zero-order valence-electron chi connectivity index (χ0n) is 11.6. The zero-order chi connectivity index (χ0) is 13.8. The fraction of sp³-hybridized carbons (Fsp3) is 0.571. The first kappa shape index (κ1) is 13.8. The lowest BCUT2D eigenvalue weighted by Crippen LogP contribution is -2.47. The molecule has 2 atom stereocenters. The van der Waals surface area contributed by atoms with Crippen molar-refractivity contribution in [2.24, 2.45) is 11.7 Å². The van der Waals surface area contributed by atoms with E-state index in [0.717, 1.165) is 31.6 Å². The summed E-state index contributed by atoms with van der Waals surface area (Å²) in [6.07, 6.45) is 3.77. The van der Waals surface area contributed by atoms with Crippen molar-refractivity contribution >= 4 is 11.6 Å². The molecule has 0 spiro atoms. The van der Waals surface area contributed by atoms with Crippen LogP contribution in [0.1, 0.15) is 30.3 Å². The third-order valence-corrected chi connectivity index (χ3v) is 3.89. The molecule has 0 bridgehead atoms. The third kappa shape index (κ3) is 3.04. The normalized spacial score (nSPS) is 23.2.